The van der Waals surface area contributed by atoms with Crippen LogP contribution < -0.4 is 10.6 Å². The molecule has 0 saturated carbocycles. The molecule has 1 heterocycles. The summed E-state index contributed by atoms with van der Waals surface area (Å²) in [6, 6.07) is 1.88. The van der Waals surface area contributed by atoms with Crippen molar-refractivity contribution in [3.63, 3.8) is 0 Å². The second-order valence-electron chi connectivity index (χ2n) is 2.59. The molecule has 1 rings (SSSR count). The summed E-state index contributed by atoms with van der Waals surface area (Å²) in [5.74, 6) is 0.459. The Morgan fingerprint density at radius 3 is 2.69 bits per heavy atom. The van der Waals surface area contributed by atoms with Gasteiger partial charge in [0.2, 0.25) is 0 Å². The Labute approximate surface area is 75.4 Å². The van der Waals surface area contributed by atoms with E-state index in [1.54, 1.807) is 0 Å². The lowest BCUT2D eigenvalue weighted by Crippen LogP contribution is -2.17. The number of nitro groups is 1. The first-order valence-electron chi connectivity index (χ1n) is 3.98. The summed E-state index contributed by atoms with van der Waals surface area (Å²) in [5.41, 5.74) is 0.0686. The van der Waals surface area contributed by atoms with Gasteiger partial charge in [-0.15, -0.1) is 0 Å². The number of allylic oxidation sites excluding steroid dienone is 1. The molecule has 0 bridgehead atoms. The Balaban J connectivity index is 2.72. The summed E-state index contributed by atoms with van der Waals surface area (Å²) in [5, 5.41) is 24.6. The van der Waals surface area contributed by atoms with Crippen molar-refractivity contribution in [1.82, 2.24) is 10.6 Å². The van der Waals surface area contributed by atoms with Crippen LogP contribution >= 0.6 is 0 Å². The monoisotopic (exact) mass is 182 g/mol. The number of nitrogens with zero attached hydrogens (tertiary/aromatic N) is 2. The van der Waals surface area contributed by atoms with Gasteiger partial charge in [-0.1, -0.05) is 0 Å². The third-order valence-electron chi connectivity index (χ3n) is 1.71. The molecule has 0 aliphatic carbocycles. The van der Waals surface area contributed by atoms with E-state index in [1.807, 2.05) is 6.07 Å². The lowest BCUT2D eigenvalue weighted by Gasteiger charge is -2.01. The van der Waals surface area contributed by atoms with E-state index in [4.69, 9.17) is 5.26 Å². The molecule has 0 amide bonds. The largest absolute Gasteiger partial charge is 0.365 e. The molecule has 6 heteroatoms. The van der Waals surface area contributed by atoms with Crippen LogP contribution in [0.3, 0.4) is 0 Å². The molecule has 0 aromatic heterocycles. The summed E-state index contributed by atoms with van der Waals surface area (Å²) >= 11 is 0. The van der Waals surface area contributed by atoms with Crippen LogP contribution in [0, 0.1) is 21.4 Å². The van der Waals surface area contributed by atoms with Gasteiger partial charge >= 0.3 is 0 Å². The average Bonchev–Trinajstić information content (AvgIpc) is 2.57. The molecule has 0 unspecified atom stereocenters. The van der Waals surface area contributed by atoms with Crippen molar-refractivity contribution in [1.29, 1.82) is 5.26 Å². The first-order chi connectivity index (χ1) is 6.25. The molecule has 0 radical (unpaired) electrons. The topological polar surface area (TPSA) is 91.0 Å². The van der Waals surface area contributed by atoms with Crippen molar-refractivity contribution < 1.29 is 4.92 Å². The molecular formula is C7H10N4O2. The zero-order valence-corrected chi connectivity index (χ0v) is 7.04. The Kier molecular flexibility index (Phi) is 3.09. The maximum absolute atomic E-state index is 10.6. The molecule has 1 aliphatic heterocycles. The highest BCUT2D eigenvalue weighted by molar-refractivity contribution is 5.08. The van der Waals surface area contributed by atoms with Crippen molar-refractivity contribution in [2.24, 2.45) is 0 Å². The van der Waals surface area contributed by atoms with E-state index in [1.165, 1.54) is 0 Å². The molecule has 1 aliphatic rings. The molecule has 70 valence electrons. The predicted octanol–water partition coefficient (Wildman–Crippen LogP) is -0.0712. The van der Waals surface area contributed by atoms with Gasteiger partial charge < -0.3 is 10.6 Å². The summed E-state index contributed by atoms with van der Waals surface area (Å²) in [6.45, 7) is 1.39. The van der Waals surface area contributed by atoms with Gasteiger partial charge in [-0.25, -0.2) is 0 Å². The summed E-state index contributed by atoms with van der Waals surface area (Å²) in [7, 11) is 0. The zero-order chi connectivity index (χ0) is 9.68. The standard InChI is InChI=1S/C7H10N4O2/c8-3-1-2-6(11(12)13)7-9-4-5-10-7/h9-10H,1-2,4-5H2. The number of nitrogens with one attached hydrogen (secondary N) is 2. The van der Waals surface area contributed by atoms with E-state index in [0.29, 0.717) is 18.9 Å². The van der Waals surface area contributed by atoms with Crippen LogP contribution in [0.5, 0.6) is 0 Å². The quantitative estimate of drug-likeness (QED) is 0.471. The molecule has 0 atom stereocenters. The molecular weight excluding hydrogens is 172 g/mol. The fourth-order valence-corrected chi connectivity index (χ4v) is 1.12. The molecule has 1 saturated heterocycles. The van der Waals surface area contributed by atoms with Gasteiger partial charge in [0.1, 0.15) is 0 Å². The van der Waals surface area contributed by atoms with Crippen LogP contribution in [0.25, 0.3) is 0 Å². The zero-order valence-electron chi connectivity index (χ0n) is 7.04. The highest BCUT2D eigenvalue weighted by Gasteiger charge is 2.20. The second-order valence-corrected chi connectivity index (χ2v) is 2.59. The summed E-state index contributed by atoms with van der Waals surface area (Å²) < 4.78 is 0. The third kappa shape index (κ3) is 2.33. The van der Waals surface area contributed by atoms with Crippen molar-refractivity contribution in [3.8, 4) is 6.07 Å². The number of nitriles is 1. The maximum atomic E-state index is 10.6. The highest BCUT2D eigenvalue weighted by atomic mass is 16.6. The molecule has 6 nitrogen and oxygen atoms in total. The predicted molar refractivity (Wildman–Crippen MR) is 44.9 cm³/mol. The maximum Gasteiger partial charge on any atom is 0.286 e. The average molecular weight is 182 g/mol. The Hall–Kier alpha value is -1.77. The lowest BCUT2D eigenvalue weighted by molar-refractivity contribution is -0.429. The highest BCUT2D eigenvalue weighted by Crippen LogP contribution is 2.09. The normalized spacial score (nSPS) is 14.2. The molecule has 0 aromatic rings. The van der Waals surface area contributed by atoms with Gasteiger partial charge in [0, 0.05) is 19.5 Å². The minimum absolute atomic E-state index is 0.0686. The second kappa shape index (κ2) is 4.30. The minimum Gasteiger partial charge on any atom is -0.365 e. The van der Waals surface area contributed by atoms with Crippen LogP contribution in [0.4, 0.5) is 0 Å². The van der Waals surface area contributed by atoms with Crippen LogP contribution in [-0.2, 0) is 0 Å². The van der Waals surface area contributed by atoms with Gasteiger partial charge in [-0.2, -0.15) is 5.26 Å². The Morgan fingerprint density at radius 2 is 2.23 bits per heavy atom. The van der Waals surface area contributed by atoms with E-state index in [2.05, 4.69) is 10.6 Å². The Morgan fingerprint density at radius 1 is 1.62 bits per heavy atom. The molecule has 1 fully saturated rings. The van der Waals surface area contributed by atoms with Gasteiger partial charge in [0.25, 0.3) is 5.70 Å². The number of hydrogen-bond donors (Lipinski definition) is 2. The lowest BCUT2D eigenvalue weighted by atomic mass is 10.2. The number of rotatable bonds is 3. The van der Waals surface area contributed by atoms with Crippen molar-refractivity contribution in [2.75, 3.05) is 13.1 Å². The van der Waals surface area contributed by atoms with Crippen molar-refractivity contribution in [2.45, 2.75) is 12.8 Å². The smallest absolute Gasteiger partial charge is 0.286 e. The van der Waals surface area contributed by atoms with Crippen molar-refractivity contribution in [3.05, 3.63) is 21.6 Å². The van der Waals surface area contributed by atoms with Crippen LogP contribution in [0.1, 0.15) is 12.8 Å². The van der Waals surface area contributed by atoms with E-state index in [-0.39, 0.29) is 18.5 Å². The van der Waals surface area contributed by atoms with E-state index >= 15 is 0 Å². The van der Waals surface area contributed by atoms with Crippen LogP contribution in [0.15, 0.2) is 11.5 Å². The summed E-state index contributed by atoms with van der Waals surface area (Å²) in [4.78, 5) is 10.1. The minimum atomic E-state index is -0.446. The van der Waals surface area contributed by atoms with Gasteiger partial charge in [-0.05, 0) is 0 Å². The number of hydrogen-bond acceptors (Lipinski definition) is 5. The van der Waals surface area contributed by atoms with E-state index in [0.717, 1.165) is 0 Å². The first kappa shape index (κ1) is 9.32. The van der Waals surface area contributed by atoms with Gasteiger partial charge in [0.15, 0.2) is 5.82 Å². The third-order valence-corrected chi connectivity index (χ3v) is 1.71. The van der Waals surface area contributed by atoms with E-state index < -0.39 is 4.92 Å². The van der Waals surface area contributed by atoms with Crippen LogP contribution in [-0.4, -0.2) is 18.0 Å². The molecule has 13 heavy (non-hydrogen) atoms. The Bertz CT molecular complexity index is 271. The SMILES string of the molecule is N#CCCC(=C1NCCN1)[N+](=O)[O-]. The van der Waals surface area contributed by atoms with Gasteiger partial charge in [0.05, 0.1) is 17.4 Å². The fraction of sp³-hybridized carbons (Fsp3) is 0.571. The van der Waals surface area contributed by atoms with Gasteiger partial charge in [-0.3, -0.25) is 10.1 Å². The van der Waals surface area contributed by atoms with Crippen LogP contribution in [0.2, 0.25) is 0 Å². The first-order valence-corrected chi connectivity index (χ1v) is 3.98. The van der Waals surface area contributed by atoms with E-state index in [9.17, 15) is 10.1 Å². The van der Waals surface area contributed by atoms with Crippen molar-refractivity contribution >= 4 is 0 Å². The molecule has 0 spiro atoms. The summed E-state index contributed by atoms with van der Waals surface area (Å²) in [6.07, 6.45) is 0.349. The molecule has 0 aromatic carbocycles. The fourth-order valence-electron chi connectivity index (χ4n) is 1.12. The molecule has 2 N–H and O–H groups in total.